The Kier molecular flexibility index (Phi) is 17.6. The molecule has 9 saturated carbocycles. The van der Waals surface area contributed by atoms with E-state index in [2.05, 4.69) is 0 Å². The Balaban J connectivity index is 0.000000132. The van der Waals surface area contributed by atoms with Crippen LogP contribution < -0.4 is 0 Å². The van der Waals surface area contributed by atoms with Gasteiger partial charge in [-0.05, 0) is 156 Å². The SMILES string of the molecule is CC1(C)O[C@@H]2CC3C4C[C@H](F)C5=CC(=O)CC[C@]5(C)[C@@]4(F)C(O)C[C@]3(C)[C@]2(C(=O)CO)O1.CCC[C@@H]1O[C@@H]2CC3C4C[C@H](F)C5=CC(=O)CC[C@]5(C)[C@@]4(F)C(O)C[C@]3(C)[C@]2(C(=O)CO)O1.CCC[C@H]1O[C@@H]2CC3C4C[C@H](F)C5=CC(=O)CC[C@]5(C)[C@@]4(F)C(O)C[C@]3(C)[C@]2(C(=O)CO)O1. The molecule has 0 amide bonds. The van der Waals surface area contributed by atoms with Crippen molar-refractivity contribution in [3.05, 3.63) is 34.9 Å². The molecular weight excluding hydrogens is 1290 g/mol. The molecule has 15 rings (SSSR count). The number of hydrogen-bond donors (Lipinski definition) is 6. The third-order valence-electron chi connectivity index (χ3n) is 29.4. The molecule has 546 valence electrons. The summed E-state index contributed by atoms with van der Waals surface area (Å²) >= 11 is 0. The maximum Gasteiger partial charge on any atom is 0.193 e. The summed E-state index contributed by atoms with van der Waals surface area (Å²) in [7, 11) is 0. The zero-order chi connectivity index (χ0) is 71.4. The summed E-state index contributed by atoms with van der Waals surface area (Å²) in [6.45, 7) is 15.3. The molecule has 15 aliphatic rings. The molecule has 98 heavy (non-hydrogen) atoms. The zero-order valence-corrected chi connectivity index (χ0v) is 58.0. The Labute approximate surface area is 568 Å². The number of alkyl halides is 6. The lowest BCUT2D eigenvalue weighted by Crippen LogP contribution is -2.71. The number of Topliss-reactive ketones (excluding diaryl/α,β-unsaturated/α-hetero) is 3. The van der Waals surface area contributed by atoms with Gasteiger partial charge >= 0.3 is 0 Å². The summed E-state index contributed by atoms with van der Waals surface area (Å²) in [5.41, 5.74) is -17.5. The van der Waals surface area contributed by atoms with Crippen molar-refractivity contribution in [2.24, 2.45) is 68.0 Å². The first-order valence-corrected chi connectivity index (χ1v) is 36.0. The molecule has 0 radical (unpaired) electrons. The van der Waals surface area contributed by atoms with Gasteiger partial charge in [-0.2, -0.15) is 0 Å². The summed E-state index contributed by atoms with van der Waals surface area (Å²) in [5, 5.41) is 63.7. The Morgan fingerprint density at radius 3 is 1.05 bits per heavy atom. The maximum atomic E-state index is 17.2. The minimum Gasteiger partial charge on any atom is -0.390 e. The molecule has 0 aromatic heterocycles. The number of carbonyl (C=O) groups is 6. The fourth-order valence-electron chi connectivity index (χ4n) is 25.0. The average molecular weight is 1390 g/mol. The van der Waals surface area contributed by atoms with Gasteiger partial charge in [-0.1, -0.05) is 68.2 Å². The minimum absolute atomic E-state index is 0.0666. The van der Waals surface area contributed by atoms with Gasteiger partial charge < -0.3 is 59.1 Å². The van der Waals surface area contributed by atoms with Crippen LogP contribution in [-0.2, 0) is 57.2 Å². The minimum atomic E-state index is -2.15. The number of rotatable bonds is 10. The van der Waals surface area contributed by atoms with Crippen LogP contribution in [0.25, 0.3) is 0 Å². The van der Waals surface area contributed by atoms with Gasteiger partial charge in [0.15, 0.2) is 69.9 Å². The highest BCUT2D eigenvalue weighted by atomic mass is 19.2. The Morgan fingerprint density at radius 2 is 0.745 bits per heavy atom. The van der Waals surface area contributed by atoms with Crippen LogP contribution >= 0.6 is 0 Å². The Morgan fingerprint density at radius 1 is 0.449 bits per heavy atom. The lowest BCUT2D eigenvalue weighted by atomic mass is 9.43. The quantitative estimate of drug-likeness (QED) is 0.112. The second kappa shape index (κ2) is 23.7. The topological polar surface area (TPSA) is 279 Å². The number of allylic oxidation sites excluding steroid dienone is 3. The van der Waals surface area contributed by atoms with Crippen molar-refractivity contribution in [1.29, 1.82) is 0 Å². The Bertz CT molecular complexity index is 3280. The molecule has 3 heterocycles. The first kappa shape index (κ1) is 72.7. The lowest BCUT2D eigenvalue weighted by Gasteiger charge is -2.64. The third kappa shape index (κ3) is 9.01. The largest absolute Gasteiger partial charge is 0.390 e. The van der Waals surface area contributed by atoms with E-state index in [1.807, 2.05) is 13.8 Å². The monoisotopic (exact) mass is 1390 g/mol. The van der Waals surface area contributed by atoms with Crippen LogP contribution in [0.15, 0.2) is 34.9 Å². The molecule has 18 nitrogen and oxygen atoms in total. The lowest BCUT2D eigenvalue weighted by molar-refractivity contribution is -0.254. The number of ether oxygens (including phenoxy) is 6. The predicted octanol–water partition coefficient (Wildman–Crippen LogP) is 8.55. The highest BCUT2D eigenvalue weighted by Crippen LogP contribution is 2.77. The highest BCUT2D eigenvalue weighted by molar-refractivity contribution is 5.95. The van der Waals surface area contributed by atoms with Crippen molar-refractivity contribution in [2.45, 2.75) is 299 Å². The standard InChI is InChI=1S/2C25H34F2O6.C24H32F2O6/c2*1-4-5-21-32-20-10-14-15-9-17(26)16-8-13(29)6-7-22(16,2)24(15,27)18(30)11-23(14,3)25(20,33-21)19(31)12-28;1-20(2)31-19-9-13-14-8-16(25)15-7-12(28)5-6-21(15,3)23(14,26)17(29)10-22(13,4)24(19,32-20)18(30)11-27/h2*8,14-15,17-18,20-21,28,30H,4-7,9-12H2,1-3H3;7,13-14,16-17,19,27,29H,5-6,8-11H2,1-4H3/t14?,15?,17-,18?,20+,21+,22-,23-,24-,25+;14?,15?,17-,18?,20+,21-,22-,23-,24-,25+;13?,14?,16-,17?,19+,21-,22-,23-,24+/m000/s1. The van der Waals surface area contributed by atoms with E-state index in [0.717, 1.165) is 12.8 Å². The first-order chi connectivity index (χ1) is 45.7. The van der Waals surface area contributed by atoms with E-state index in [0.29, 0.717) is 25.7 Å². The third-order valence-corrected chi connectivity index (χ3v) is 29.4. The van der Waals surface area contributed by atoms with Gasteiger partial charge in [-0.15, -0.1) is 0 Å². The molecule has 6 N–H and O–H groups in total. The zero-order valence-electron chi connectivity index (χ0n) is 58.0. The average Bonchev–Trinajstić information content (AvgIpc) is 1.42. The second-order valence-corrected chi connectivity index (χ2v) is 33.8. The van der Waals surface area contributed by atoms with Crippen molar-refractivity contribution in [1.82, 2.24) is 0 Å². The first-order valence-electron chi connectivity index (χ1n) is 36.0. The van der Waals surface area contributed by atoms with Crippen LogP contribution in [0.5, 0.6) is 0 Å². The fraction of sp³-hybridized carbons (Fsp3) is 0.838. The Hall–Kier alpha value is -3.66. The molecule has 24 heteroatoms. The molecule has 3 aliphatic heterocycles. The van der Waals surface area contributed by atoms with Gasteiger partial charge in [0.05, 0.1) is 36.6 Å². The molecule has 3 saturated heterocycles. The van der Waals surface area contributed by atoms with Gasteiger partial charge in [0, 0.05) is 69.5 Å². The van der Waals surface area contributed by atoms with Crippen LogP contribution in [0.1, 0.15) is 191 Å². The number of aliphatic hydroxyl groups is 6. The molecule has 0 spiro atoms. The van der Waals surface area contributed by atoms with Gasteiger partial charge in [0.1, 0.15) is 55.3 Å². The van der Waals surface area contributed by atoms with Gasteiger partial charge in [-0.25, -0.2) is 26.3 Å². The molecule has 12 fully saturated rings. The summed E-state index contributed by atoms with van der Waals surface area (Å²) < 4.78 is 135. The number of aliphatic hydroxyl groups excluding tert-OH is 6. The van der Waals surface area contributed by atoms with Crippen LogP contribution in [0.2, 0.25) is 0 Å². The van der Waals surface area contributed by atoms with Crippen LogP contribution in [-0.4, -0.2) is 192 Å². The molecular formula is C74H100F6O18. The van der Waals surface area contributed by atoms with Gasteiger partial charge in [0.2, 0.25) is 0 Å². The van der Waals surface area contributed by atoms with Crippen molar-refractivity contribution in [3.63, 3.8) is 0 Å². The summed E-state index contributed by atoms with van der Waals surface area (Å²) in [5.74, 6) is -7.44. The van der Waals surface area contributed by atoms with E-state index in [-0.39, 0.29) is 118 Å². The van der Waals surface area contributed by atoms with Gasteiger partial charge in [-0.3, -0.25) is 28.8 Å². The fourth-order valence-corrected chi connectivity index (χ4v) is 25.0. The molecule has 0 aromatic carbocycles. The van der Waals surface area contributed by atoms with E-state index in [4.69, 9.17) is 28.4 Å². The highest BCUT2D eigenvalue weighted by Gasteiger charge is 2.84. The summed E-state index contributed by atoms with van der Waals surface area (Å²) in [4.78, 5) is 75.6. The van der Waals surface area contributed by atoms with Crippen molar-refractivity contribution >= 4 is 34.7 Å². The van der Waals surface area contributed by atoms with Crippen molar-refractivity contribution in [3.8, 4) is 0 Å². The number of halogens is 6. The van der Waals surface area contributed by atoms with Crippen molar-refractivity contribution < 1.29 is 114 Å². The summed E-state index contributed by atoms with van der Waals surface area (Å²) in [6, 6.07) is 0. The van der Waals surface area contributed by atoms with Crippen molar-refractivity contribution in [2.75, 3.05) is 19.8 Å². The molecule has 9 unspecified atom stereocenters. The van der Waals surface area contributed by atoms with E-state index < -0.39 is 212 Å². The summed E-state index contributed by atoms with van der Waals surface area (Å²) in [6.07, 6.45) is -4.97. The van der Waals surface area contributed by atoms with Crippen LogP contribution in [0.3, 0.4) is 0 Å². The molecule has 29 atom stereocenters. The van der Waals surface area contributed by atoms with Crippen LogP contribution in [0.4, 0.5) is 26.3 Å². The van der Waals surface area contributed by atoms with Gasteiger partial charge in [0.25, 0.3) is 0 Å². The van der Waals surface area contributed by atoms with E-state index >= 15 is 26.3 Å². The molecule has 0 aromatic rings. The number of ketones is 6. The van der Waals surface area contributed by atoms with Crippen LogP contribution in [0, 0.1) is 68.0 Å². The molecule has 0 bridgehead atoms. The second-order valence-electron chi connectivity index (χ2n) is 33.8. The molecule has 12 aliphatic carbocycles. The number of hydrogen-bond acceptors (Lipinski definition) is 18. The van der Waals surface area contributed by atoms with E-state index in [1.54, 1.807) is 55.4 Å². The predicted molar refractivity (Wildman–Crippen MR) is 336 cm³/mol. The normalized spacial score (nSPS) is 53.3. The van der Waals surface area contributed by atoms with E-state index in [1.165, 1.54) is 18.2 Å². The van der Waals surface area contributed by atoms with E-state index in [9.17, 15) is 59.4 Å². The number of fused-ring (bicyclic) bond motifs is 21. The maximum absolute atomic E-state index is 17.2. The number of carbonyl (C=O) groups excluding carboxylic acids is 6. The smallest absolute Gasteiger partial charge is 0.193 e.